The molecule has 2 aromatic rings. The standard InChI is InChI=1S/C21H28N4O3S/c1-15-11-16(2)21(17(3)12-15)23-20(26)14-24(4)19-8-7-18(13-22-19)29(27,28)25-9-5-6-10-25/h7-8,11-13H,5-6,9-10,14H2,1-4H3,(H,23,26)/p+1. The first-order valence-electron chi connectivity index (χ1n) is 9.79. The van der Waals surface area contributed by atoms with Crippen LogP contribution in [0.2, 0.25) is 0 Å². The van der Waals surface area contributed by atoms with E-state index < -0.39 is 10.0 Å². The fourth-order valence-electron chi connectivity index (χ4n) is 3.73. The molecule has 1 aliphatic heterocycles. The molecule has 0 aliphatic carbocycles. The molecule has 7 nitrogen and oxygen atoms in total. The van der Waals surface area contributed by atoms with E-state index in [1.807, 2.05) is 32.9 Å². The van der Waals surface area contributed by atoms with Crippen LogP contribution in [0.25, 0.3) is 0 Å². The van der Waals surface area contributed by atoms with Gasteiger partial charge in [0.05, 0.1) is 7.05 Å². The van der Waals surface area contributed by atoms with E-state index >= 15 is 0 Å². The Hall–Kier alpha value is -2.45. The van der Waals surface area contributed by atoms with Crippen LogP contribution in [0.15, 0.2) is 35.4 Å². The first-order valence-corrected chi connectivity index (χ1v) is 11.2. The molecule has 156 valence electrons. The summed E-state index contributed by atoms with van der Waals surface area (Å²) in [5.41, 5.74) is 4.06. The Balaban J connectivity index is 1.66. The zero-order valence-corrected chi connectivity index (χ0v) is 18.3. The van der Waals surface area contributed by atoms with Crippen molar-refractivity contribution in [1.29, 1.82) is 0 Å². The second kappa shape index (κ2) is 8.51. The fourth-order valence-corrected chi connectivity index (χ4v) is 5.22. The second-order valence-electron chi connectivity index (χ2n) is 7.70. The van der Waals surface area contributed by atoms with E-state index in [9.17, 15) is 13.2 Å². The summed E-state index contributed by atoms with van der Waals surface area (Å²) >= 11 is 0. The highest BCUT2D eigenvalue weighted by atomic mass is 32.2. The number of carbonyl (C=O) groups is 1. The maximum absolute atomic E-state index is 12.6. The van der Waals surface area contributed by atoms with Crippen molar-refractivity contribution in [3.63, 3.8) is 0 Å². The van der Waals surface area contributed by atoms with Crippen molar-refractivity contribution in [1.82, 2.24) is 4.31 Å². The van der Waals surface area contributed by atoms with Crippen LogP contribution in [-0.4, -0.2) is 45.3 Å². The lowest BCUT2D eigenvalue weighted by Gasteiger charge is -2.16. The maximum Gasteiger partial charge on any atom is 0.274 e. The lowest BCUT2D eigenvalue weighted by Crippen LogP contribution is -2.34. The van der Waals surface area contributed by atoms with Gasteiger partial charge in [0.15, 0.2) is 6.54 Å². The Morgan fingerprint density at radius 3 is 2.31 bits per heavy atom. The lowest BCUT2D eigenvalue weighted by atomic mass is 10.1. The largest absolute Gasteiger partial charge is 0.322 e. The highest BCUT2D eigenvalue weighted by Crippen LogP contribution is 2.22. The third-order valence-corrected chi connectivity index (χ3v) is 7.10. The zero-order chi connectivity index (χ0) is 21.2. The number of H-pyrrole nitrogens is 1. The SMILES string of the molecule is Cc1cc(C)c(NC(=O)CN(C)c2ccc(S(=O)(=O)N3CCCC3)c[nH+]2)c(C)c1. The normalized spacial score (nSPS) is 14.8. The van der Waals surface area contributed by atoms with Crippen molar-refractivity contribution < 1.29 is 18.2 Å². The van der Waals surface area contributed by atoms with Crippen LogP contribution in [0.4, 0.5) is 11.5 Å². The van der Waals surface area contributed by atoms with Gasteiger partial charge in [0.1, 0.15) is 11.1 Å². The number of aryl methyl sites for hydroxylation is 3. The molecule has 0 saturated carbocycles. The van der Waals surface area contributed by atoms with Gasteiger partial charge in [0.25, 0.3) is 11.7 Å². The number of carbonyl (C=O) groups excluding carboxylic acids is 1. The molecule has 1 aliphatic rings. The monoisotopic (exact) mass is 417 g/mol. The molecule has 1 amide bonds. The van der Waals surface area contributed by atoms with Gasteiger partial charge in [0.2, 0.25) is 10.0 Å². The number of rotatable bonds is 6. The summed E-state index contributed by atoms with van der Waals surface area (Å²) in [6.07, 6.45) is 3.29. The van der Waals surface area contributed by atoms with E-state index in [0.29, 0.717) is 18.9 Å². The molecular formula is C21H29N4O3S+. The number of anilines is 2. The number of benzene rings is 1. The van der Waals surface area contributed by atoms with Gasteiger partial charge in [-0.25, -0.2) is 13.4 Å². The first kappa shape index (κ1) is 21.3. The minimum absolute atomic E-state index is 0.135. The number of pyridine rings is 1. The average Bonchev–Trinajstić information content (AvgIpc) is 3.20. The molecule has 3 rings (SSSR count). The number of hydrogen-bond donors (Lipinski definition) is 1. The molecule has 1 aromatic carbocycles. The fraction of sp³-hybridized carbons (Fsp3) is 0.429. The zero-order valence-electron chi connectivity index (χ0n) is 17.4. The molecule has 2 heterocycles. The highest BCUT2D eigenvalue weighted by molar-refractivity contribution is 7.89. The summed E-state index contributed by atoms with van der Waals surface area (Å²) in [7, 11) is -1.67. The lowest BCUT2D eigenvalue weighted by molar-refractivity contribution is -0.366. The quantitative estimate of drug-likeness (QED) is 0.782. The molecule has 0 radical (unpaired) electrons. The van der Waals surface area contributed by atoms with Crippen molar-refractivity contribution in [2.45, 2.75) is 38.5 Å². The van der Waals surface area contributed by atoms with Gasteiger partial charge in [0, 0.05) is 24.8 Å². The predicted molar refractivity (Wildman–Crippen MR) is 114 cm³/mol. The van der Waals surface area contributed by atoms with Gasteiger partial charge < -0.3 is 5.32 Å². The number of sulfonamides is 1. The third kappa shape index (κ3) is 4.76. The summed E-state index contributed by atoms with van der Waals surface area (Å²) in [6, 6.07) is 7.36. The molecule has 0 unspecified atom stereocenters. The van der Waals surface area contributed by atoms with Gasteiger partial charge >= 0.3 is 0 Å². The second-order valence-corrected chi connectivity index (χ2v) is 9.64. The smallest absolute Gasteiger partial charge is 0.274 e. The van der Waals surface area contributed by atoms with Crippen LogP contribution in [0.5, 0.6) is 0 Å². The number of nitrogens with zero attached hydrogens (tertiary/aromatic N) is 2. The molecule has 8 heteroatoms. The molecule has 0 bridgehead atoms. The number of hydrogen-bond acceptors (Lipinski definition) is 4. The van der Waals surface area contributed by atoms with Crippen LogP contribution in [0, 0.1) is 20.8 Å². The van der Waals surface area contributed by atoms with Crippen LogP contribution in [-0.2, 0) is 14.8 Å². The molecule has 1 saturated heterocycles. The number of aromatic nitrogens is 1. The maximum atomic E-state index is 12.6. The number of amides is 1. The van der Waals surface area contributed by atoms with Gasteiger partial charge in [-0.3, -0.25) is 9.69 Å². The molecule has 1 fully saturated rings. The van der Waals surface area contributed by atoms with E-state index in [1.54, 1.807) is 24.1 Å². The Kier molecular flexibility index (Phi) is 6.24. The third-order valence-electron chi connectivity index (χ3n) is 5.20. The minimum atomic E-state index is -3.45. The van der Waals surface area contributed by atoms with E-state index in [-0.39, 0.29) is 17.3 Å². The molecule has 0 spiro atoms. The Labute approximate surface area is 172 Å². The van der Waals surface area contributed by atoms with E-state index in [0.717, 1.165) is 35.2 Å². The van der Waals surface area contributed by atoms with Crippen molar-refractivity contribution in [3.8, 4) is 0 Å². The number of aromatic amines is 1. The summed E-state index contributed by atoms with van der Waals surface area (Å²) in [4.78, 5) is 17.5. The molecular weight excluding hydrogens is 388 g/mol. The van der Waals surface area contributed by atoms with Gasteiger partial charge in [-0.15, -0.1) is 0 Å². The Morgan fingerprint density at radius 2 is 1.76 bits per heavy atom. The van der Waals surface area contributed by atoms with Crippen molar-refractivity contribution >= 4 is 27.4 Å². The van der Waals surface area contributed by atoms with Crippen molar-refractivity contribution in [2.75, 3.05) is 36.9 Å². The summed E-state index contributed by atoms with van der Waals surface area (Å²) in [5.74, 6) is 0.530. The van der Waals surface area contributed by atoms with E-state index in [2.05, 4.69) is 10.3 Å². The predicted octanol–water partition coefficient (Wildman–Crippen LogP) is 2.29. The Bertz CT molecular complexity index is 974. The summed E-state index contributed by atoms with van der Waals surface area (Å²) in [6.45, 7) is 7.27. The van der Waals surface area contributed by atoms with Crippen LogP contribution in [0.1, 0.15) is 29.5 Å². The highest BCUT2D eigenvalue weighted by Gasteiger charge is 2.28. The van der Waals surface area contributed by atoms with Gasteiger partial charge in [-0.1, -0.05) is 17.7 Å². The molecule has 1 aromatic heterocycles. The molecule has 0 atom stereocenters. The van der Waals surface area contributed by atoms with Gasteiger partial charge in [-0.2, -0.15) is 4.31 Å². The van der Waals surface area contributed by atoms with Crippen LogP contribution < -0.4 is 15.2 Å². The first-order chi connectivity index (χ1) is 13.7. The Morgan fingerprint density at radius 1 is 1.14 bits per heavy atom. The molecule has 2 N–H and O–H groups in total. The van der Waals surface area contributed by atoms with Gasteiger partial charge in [-0.05, 0) is 50.8 Å². The topological polar surface area (TPSA) is 83.9 Å². The summed E-state index contributed by atoms with van der Waals surface area (Å²) in [5, 5.41) is 2.98. The average molecular weight is 418 g/mol. The van der Waals surface area contributed by atoms with Crippen LogP contribution in [0.3, 0.4) is 0 Å². The van der Waals surface area contributed by atoms with E-state index in [4.69, 9.17) is 0 Å². The molecule has 29 heavy (non-hydrogen) atoms. The van der Waals surface area contributed by atoms with E-state index in [1.165, 1.54) is 10.5 Å². The number of nitrogens with one attached hydrogen (secondary N) is 2. The van der Waals surface area contributed by atoms with Crippen molar-refractivity contribution in [2.24, 2.45) is 0 Å². The minimum Gasteiger partial charge on any atom is -0.322 e. The summed E-state index contributed by atoms with van der Waals surface area (Å²) < 4.78 is 26.7. The number of likely N-dealkylation sites (N-methyl/N-ethyl adjacent to an activating group) is 1. The van der Waals surface area contributed by atoms with Crippen LogP contribution >= 0.6 is 0 Å². The van der Waals surface area contributed by atoms with Crippen molar-refractivity contribution in [3.05, 3.63) is 47.2 Å².